The van der Waals surface area contributed by atoms with E-state index >= 15 is 0 Å². The summed E-state index contributed by atoms with van der Waals surface area (Å²) < 4.78 is 0. The van der Waals surface area contributed by atoms with Gasteiger partial charge >= 0.3 is 0 Å². The first kappa shape index (κ1) is 14.2. The number of hydrogen-bond donors (Lipinski definition) is 0. The fourth-order valence-electron chi connectivity index (χ4n) is 4.74. The molecule has 0 spiro atoms. The molecular formula is C20H30. The van der Waals surface area contributed by atoms with E-state index < -0.39 is 0 Å². The van der Waals surface area contributed by atoms with Crippen molar-refractivity contribution in [1.82, 2.24) is 0 Å². The smallest absolute Gasteiger partial charge is 0.00463 e. The molecule has 0 radical (unpaired) electrons. The zero-order valence-electron chi connectivity index (χ0n) is 13.7. The molecular weight excluding hydrogens is 240 g/mol. The second-order valence-corrected chi connectivity index (χ2v) is 8.07. The zero-order valence-corrected chi connectivity index (χ0v) is 13.7. The van der Waals surface area contributed by atoms with Gasteiger partial charge in [-0.1, -0.05) is 52.0 Å². The van der Waals surface area contributed by atoms with E-state index in [4.69, 9.17) is 0 Å². The van der Waals surface area contributed by atoms with Gasteiger partial charge in [0.25, 0.3) is 0 Å². The number of hydrogen-bond acceptors (Lipinski definition) is 0. The summed E-state index contributed by atoms with van der Waals surface area (Å²) in [4.78, 5) is 0. The standard InChI is InChI=1S/C20H30/c1-15(2)17-5-7-18(8-6-17)20-12-9-19(10-13-20,11-14-20)16(3)4/h5-8,15-16H,9-14H2,1-4H3. The maximum Gasteiger partial charge on any atom is -0.00463 e. The van der Waals surface area contributed by atoms with Gasteiger partial charge in [-0.15, -0.1) is 0 Å². The quantitative estimate of drug-likeness (QED) is 0.626. The minimum atomic E-state index is 0.520. The van der Waals surface area contributed by atoms with Gasteiger partial charge in [-0.2, -0.15) is 0 Å². The molecule has 0 heteroatoms. The molecule has 0 unspecified atom stereocenters. The van der Waals surface area contributed by atoms with Gasteiger partial charge in [0.2, 0.25) is 0 Å². The monoisotopic (exact) mass is 270 g/mol. The molecule has 20 heavy (non-hydrogen) atoms. The summed E-state index contributed by atoms with van der Waals surface area (Å²) in [6, 6.07) is 9.60. The Morgan fingerprint density at radius 3 is 1.65 bits per heavy atom. The molecule has 1 aromatic carbocycles. The molecule has 3 aliphatic rings. The van der Waals surface area contributed by atoms with Crippen LogP contribution < -0.4 is 0 Å². The van der Waals surface area contributed by atoms with E-state index in [1.54, 1.807) is 5.56 Å². The summed E-state index contributed by atoms with van der Waals surface area (Å²) in [6.45, 7) is 9.45. The van der Waals surface area contributed by atoms with Gasteiger partial charge in [0.15, 0.2) is 0 Å². The van der Waals surface area contributed by atoms with Gasteiger partial charge in [0, 0.05) is 0 Å². The molecule has 2 bridgehead atoms. The van der Waals surface area contributed by atoms with E-state index in [1.807, 2.05) is 0 Å². The van der Waals surface area contributed by atoms with Crippen LogP contribution in [0.2, 0.25) is 0 Å². The van der Waals surface area contributed by atoms with Crippen molar-refractivity contribution in [2.75, 3.05) is 0 Å². The van der Waals surface area contributed by atoms with E-state index in [0.717, 1.165) is 5.92 Å². The number of benzene rings is 1. The van der Waals surface area contributed by atoms with Crippen LogP contribution in [0, 0.1) is 11.3 Å². The van der Waals surface area contributed by atoms with Gasteiger partial charge in [-0.05, 0) is 72.3 Å². The first-order valence-electron chi connectivity index (χ1n) is 8.58. The zero-order chi connectivity index (χ0) is 14.4. The maximum absolute atomic E-state index is 2.44. The van der Waals surface area contributed by atoms with Gasteiger partial charge < -0.3 is 0 Å². The highest BCUT2D eigenvalue weighted by atomic mass is 14.5. The van der Waals surface area contributed by atoms with Gasteiger partial charge in [0.1, 0.15) is 0 Å². The van der Waals surface area contributed by atoms with Crippen LogP contribution in [0.5, 0.6) is 0 Å². The molecule has 3 fully saturated rings. The highest BCUT2D eigenvalue weighted by Crippen LogP contribution is 2.60. The minimum Gasteiger partial charge on any atom is -0.0622 e. The van der Waals surface area contributed by atoms with Crippen molar-refractivity contribution in [3.63, 3.8) is 0 Å². The Morgan fingerprint density at radius 1 is 0.750 bits per heavy atom. The van der Waals surface area contributed by atoms with Crippen LogP contribution in [-0.2, 0) is 5.41 Å². The largest absolute Gasteiger partial charge is 0.0622 e. The van der Waals surface area contributed by atoms with Crippen molar-refractivity contribution in [2.24, 2.45) is 11.3 Å². The molecule has 3 saturated carbocycles. The van der Waals surface area contributed by atoms with Crippen LogP contribution in [0.1, 0.15) is 83.3 Å². The molecule has 0 atom stereocenters. The molecule has 0 heterocycles. The third-order valence-corrected chi connectivity index (χ3v) is 6.72. The topological polar surface area (TPSA) is 0 Å². The minimum absolute atomic E-state index is 0.520. The normalized spacial score (nSPS) is 33.1. The van der Waals surface area contributed by atoms with Crippen molar-refractivity contribution >= 4 is 0 Å². The average Bonchev–Trinajstić information content (AvgIpc) is 2.49. The molecule has 3 aliphatic carbocycles. The average molecular weight is 270 g/mol. The van der Waals surface area contributed by atoms with Crippen LogP contribution in [0.15, 0.2) is 24.3 Å². The highest BCUT2D eigenvalue weighted by molar-refractivity contribution is 5.32. The number of rotatable bonds is 3. The molecule has 0 N–H and O–H groups in total. The molecule has 110 valence electrons. The molecule has 0 saturated heterocycles. The van der Waals surface area contributed by atoms with Crippen LogP contribution in [0.4, 0.5) is 0 Å². The second kappa shape index (κ2) is 4.90. The first-order chi connectivity index (χ1) is 9.47. The lowest BCUT2D eigenvalue weighted by molar-refractivity contribution is 0.00185. The molecule has 0 nitrogen and oxygen atoms in total. The Labute approximate surface area is 125 Å². The SMILES string of the molecule is CC(C)c1ccc(C23CCC(C(C)C)(CC2)CC3)cc1. The van der Waals surface area contributed by atoms with E-state index in [1.165, 1.54) is 44.1 Å². The number of fused-ring (bicyclic) bond motifs is 3. The van der Waals surface area contributed by atoms with Crippen molar-refractivity contribution in [2.45, 2.75) is 77.6 Å². The molecule has 0 aromatic heterocycles. The Kier molecular flexibility index (Phi) is 3.47. The molecule has 4 rings (SSSR count). The van der Waals surface area contributed by atoms with E-state index in [2.05, 4.69) is 52.0 Å². The highest BCUT2D eigenvalue weighted by Gasteiger charge is 2.50. The predicted octanol–water partition coefficient (Wildman–Crippen LogP) is 6.06. The fourth-order valence-corrected chi connectivity index (χ4v) is 4.74. The first-order valence-corrected chi connectivity index (χ1v) is 8.58. The molecule has 0 amide bonds. The lowest BCUT2D eigenvalue weighted by Crippen LogP contribution is -2.46. The summed E-state index contributed by atoms with van der Waals surface area (Å²) in [5.41, 5.74) is 4.30. The molecule has 1 aromatic rings. The maximum atomic E-state index is 2.44. The van der Waals surface area contributed by atoms with Crippen LogP contribution in [0.25, 0.3) is 0 Å². The lowest BCUT2D eigenvalue weighted by atomic mass is 9.49. The third kappa shape index (κ3) is 2.12. The molecule has 0 aliphatic heterocycles. The summed E-state index contributed by atoms with van der Waals surface area (Å²) in [7, 11) is 0. The predicted molar refractivity (Wildman–Crippen MR) is 87.2 cm³/mol. The van der Waals surface area contributed by atoms with Crippen molar-refractivity contribution < 1.29 is 0 Å². The van der Waals surface area contributed by atoms with Gasteiger partial charge in [0.05, 0.1) is 0 Å². The second-order valence-electron chi connectivity index (χ2n) is 8.07. The van der Waals surface area contributed by atoms with Crippen molar-refractivity contribution in [1.29, 1.82) is 0 Å². The Morgan fingerprint density at radius 2 is 1.25 bits per heavy atom. The van der Waals surface area contributed by atoms with Crippen LogP contribution in [0.3, 0.4) is 0 Å². The summed E-state index contributed by atoms with van der Waals surface area (Å²) >= 11 is 0. The Bertz CT molecular complexity index is 439. The van der Waals surface area contributed by atoms with E-state index in [9.17, 15) is 0 Å². The summed E-state index contributed by atoms with van der Waals surface area (Å²) in [5.74, 6) is 1.51. The van der Waals surface area contributed by atoms with E-state index in [0.29, 0.717) is 16.7 Å². The summed E-state index contributed by atoms with van der Waals surface area (Å²) in [6.07, 6.45) is 8.63. The van der Waals surface area contributed by atoms with Crippen LogP contribution in [-0.4, -0.2) is 0 Å². The van der Waals surface area contributed by atoms with Gasteiger partial charge in [-0.3, -0.25) is 0 Å². The third-order valence-electron chi connectivity index (χ3n) is 6.72. The fraction of sp³-hybridized carbons (Fsp3) is 0.700. The Hall–Kier alpha value is -0.780. The van der Waals surface area contributed by atoms with Gasteiger partial charge in [-0.25, -0.2) is 0 Å². The van der Waals surface area contributed by atoms with Crippen LogP contribution >= 0.6 is 0 Å². The summed E-state index contributed by atoms with van der Waals surface area (Å²) in [5, 5.41) is 0. The Balaban J connectivity index is 1.82. The van der Waals surface area contributed by atoms with Crippen molar-refractivity contribution in [3.05, 3.63) is 35.4 Å². The van der Waals surface area contributed by atoms with E-state index in [-0.39, 0.29) is 0 Å². The van der Waals surface area contributed by atoms with Crippen molar-refractivity contribution in [3.8, 4) is 0 Å². The lowest BCUT2D eigenvalue weighted by Gasteiger charge is -2.56.